The van der Waals surface area contributed by atoms with Gasteiger partial charge in [-0.3, -0.25) is 0 Å². The lowest BCUT2D eigenvalue weighted by Crippen LogP contribution is -2.11. The Hall–Kier alpha value is -11.3. The minimum atomic E-state index is 0.869. The van der Waals surface area contributed by atoms with E-state index in [-0.39, 0.29) is 0 Å². The number of fused-ring (bicyclic) bond motifs is 18. The summed E-state index contributed by atoms with van der Waals surface area (Å²) in [5, 5.41) is 14.2. The van der Waals surface area contributed by atoms with Crippen LogP contribution in [0.5, 0.6) is 0 Å². The third kappa shape index (κ3) is 6.44. The molecule has 6 heterocycles. The summed E-state index contributed by atoms with van der Waals surface area (Å²) in [7, 11) is 0. The Labute approximate surface area is 493 Å². The molecule has 6 aromatic heterocycles. The highest BCUT2D eigenvalue weighted by Crippen LogP contribution is 2.51. The molecular formula is C80H50N4O2. The fraction of sp³-hybridized carbons (Fsp3) is 0.0250. The molecule has 19 aromatic rings. The van der Waals surface area contributed by atoms with E-state index < -0.39 is 0 Å². The van der Waals surface area contributed by atoms with E-state index in [1.165, 1.54) is 76.2 Å². The number of anilines is 6. The molecule has 0 atom stereocenters. The first-order valence-corrected chi connectivity index (χ1v) is 29.6. The summed E-state index contributed by atoms with van der Waals surface area (Å²) < 4.78 is 19.3. The van der Waals surface area contributed by atoms with Gasteiger partial charge in [-0.1, -0.05) is 194 Å². The van der Waals surface area contributed by atoms with E-state index >= 15 is 0 Å². The predicted molar refractivity (Wildman–Crippen MR) is 360 cm³/mol. The van der Waals surface area contributed by atoms with Gasteiger partial charge >= 0.3 is 0 Å². The first-order chi connectivity index (χ1) is 42.5. The summed E-state index contributed by atoms with van der Waals surface area (Å²) >= 11 is 0. The molecule has 0 amide bonds. The van der Waals surface area contributed by atoms with Gasteiger partial charge in [-0.2, -0.15) is 0 Å². The molecule has 6 nitrogen and oxygen atoms in total. The van der Waals surface area contributed by atoms with Crippen molar-refractivity contribution in [2.24, 2.45) is 0 Å². The number of benzene rings is 13. The number of hydrogen-bond acceptors (Lipinski definition) is 4. The maximum absolute atomic E-state index is 7.13. The van der Waals surface area contributed by atoms with Gasteiger partial charge in [0.25, 0.3) is 0 Å². The summed E-state index contributed by atoms with van der Waals surface area (Å²) in [6.45, 7) is 4.40. The van der Waals surface area contributed by atoms with Gasteiger partial charge < -0.3 is 27.4 Å². The Bertz CT molecular complexity index is 5610. The number of rotatable bonds is 8. The molecule has 0 unspecified atom stereocenters. The van der Waals surface area contributed by atoms with E-state index in [9.17, 15) is 0 Å². The van der Waals surface area contributed by atoms with Gasteiger partial charge in [-0.05, 0) is 109 Å². The molecule has 0 aliphatic carbocycles. The van der Waals surface area contributed by atoms with E-state index in [0.717, 1.165) is 111 Å². The smallest absolute Gasteiger partial charge is 0.159 e. The molecule has 0 radical (unpaired) electrons. The Balaban J connectivity index is 0.784. The maximum atomic E-state index is 7.13. The standard InChI is InChI=1S/C80H50N4O2/c1-47-35-39-63-61-33-15-27-55(49-19-7-3-8-20-49)77(61)85-79(63)73(47)81(51-23-11-5-12-24-51)53-37-41-69-65(43-53)57-29-17-31-59-67-46-72-68(45-71(67)83(69)75(57)59)60-32-18-30-58-66-44-54(38-42-70(66)84(72)76(58)60)82(52-25-13-6-14-26-52)74-48(2)36-40-64-62-34-16-28-56(78(62)86-80(64)74)50-21-9-4-10-22-50/h3-46H,1-2H3. The molecule has 0 bridgehead atoms. The van der Waals surface area contributed by atoms with Crippen LogP contribution in [0, 0.1) is 13.8 Å². The van der Waals surface area contributed by atoms with Crippen molar-refractivity contribution < 1.29 is 8.83 Å². The van der Waals surface area contributed by atoms with Gasteiger partial charge in [0.05, 0.1) is 44.5 Å². The Morgan fingerprint density at radius 3 is 1.01 bits per heavy atom. The SMILES string of the molecule is Cc1ccc2c(oc3c(-c4ccccc4)cccc32)c1N(c1ccccc1)c1ccc2c(c1)c1cccc3c4cc5c(cc4n2c13)c1cccc2c3cc(N(c4ccccc4)c4c(C)ccc6c4oc4c(-c7ccccc7)cccc46)ccc3n5c21. The van der Waals surface area contributed by atoms with Crippen LogP contribution in [0.25, 0.3) is 142 Å². The summed E-state index contributed by atoms with van der Waals surface area (Å²) in [5.74, 6) is 0. The number of aryl methyl sites for hydroxylation is 2. The zero-order chi connectivity index (χ0) is 56.5. The van der Waals surface area contributed by atoms with Gasteiger partial charge in [0, 0.05) is 98.5 Å². The Kier molecular flexibility index (Phi) is 9.65. The molecule has 0 saturated carbocycles. The van der Waals surface area contributed by atoms with Crippen molar-refractivity contribution in [3.05, 3.63) is 278 Å². The zero-order valence-electron chi connectivity index (χ0n) is 47.0. The lowest BCUT2D eigenvalue weighted by atomic mass is 10.0. The Morgan fingerprint density at radius 1 is 0.256 bits per heavy atom. The highest BCUT2D eigenvalue weighted by Gasteiger charge is 2.28. The van der Waals surface area contributed by atoms with Crippen LogP contribution >= 0.6 is 0 Å². The third-order valence-corrected chi connectivity index (χ3v) is 18.6. The van der Waals surface area contributed by atoms with Gasteiger partial charge in [0.15, 0.2) is 11.2 Å². The van der Waals surface area contributed by atoms with Crippen LogP contribution in [0.15, 0.2) is 276 Å². The minimum Gasteiger partial charge on any atom is -0.453 e. The summed E-state index contributed by atoms with van der Waals surface area (Å²) in [4.78, 5) is 4.79. The molecule has 86 heavy (non-hydrogen) atoms. The second-order valence-electron chi connectivity index (χ2n) is 23.2. The number of hydrogen-bond donors (Lipinski definition) is 0. The van der Waals surface area contributed by atoms with Crippen molar-refractivity contribution in [1.82, 2.24) is 8.80 Å². The highest BCUT2D eigenvalue weighted by molar-refractivity contribution is 6.29. The topological polar surface area (TPSA) is 41.6 Å². The first kappa shape index (κ1) is 47.2. The van der Waals surface area contributed by atoms with E-state index in [4.69, 9.17) is 8.83 Å². The van der Waals surface area contributed by atoms with Crippen LogP contribution < -0.4 is 9.80 Å². The van der Waals surface area contributed by atoms with E-state index in [1.807, 2.05) is 0 Å². The average molecular weight is 1100 g/mol. The largest absolute Gasteiger partial charge is 0.453 e. The monoisotopic (exact) mass is 1100 g/mol. The highest BCUT2D eigenvalue weighted by atomic mass is 16.3. The van der Waals surface area contributed by atoms with Crippen molar-refractivity contribution in [3.63, 3.8) is 0 Å². The number of aromatic nitrogens is 2. The van der Waals surface area contributed by atoms with Crippen molar-refractivity contribution in [2.75, 3.05) is 9.80 Å². The summed E-state index contributed by atoms with van der Waals surface area (Å²) in [6, 6.07) is 97.2. The normalized spacial score (nSPS) is 12.3. The number of para-hydroxylation sites is 6. The van der Waals surface area contributed by atoms with Gasteiger partial charge in [0.2, 0.25) is 0 Å². The molecule has 0 N–H and O–H groups in total. The second kappa shape index (κ2) is 17.6. The van der Waals surface area contributed by atoms with Gasteiger partial charge in [-0.15, -0.1) is 0 Å². The molecule has 402 valence electrons. The summed E-state index contributed by atoms with van der Waals surface area (Å²) in [5.41, 5.74) is 23.8. The molecule has 0 aliphatic heterocycles. The van der Waals surface area contributed by atoms with Crippen LogP contribution in [0.1, 0.15) is 11.1 Å². The number of nitrogens with zero attached hydrogens (tertiary/aromatic N) is 4. The Morgan fingerprint density at radius 2 is 0.605 bits per heavy atom. The first-order valence-electron chi connectivity index (χ1n) is 29.6. The van der Waals surface area contributed by atoms with E-state index in [2.05, 4.69) is 299 Å². The molecule has 13 aromatic carbocycles. The fourth-order valence-electron chi connectivity index (χ4n) is 14.8. The van der Waals surface area contributed by atoms with Crippen LogP contribution in [0.2, 0.25) is 0 Å². The van der Waals surface area contributed by atoms with Crippen molar-refractivity contribution in [2.45, 2.75) is 13.8 Å². The van der Waals surface area contributed by atoms with Crippen LogP contribution in [0.3, 0.4) is 0 Å². The lowest BCUT2D eigenvalue weighted by molar-refractivity contribution is 0.669. The second-order valence-corrected chi connectivity index (χ2v) is 23.2. The van der Waals surface area contributed by atoms with Crippen molar-refractivity contribution in [3.8, 4) is 22.3 Å². The average Bonchev–Trinajstić information content (AvgIpc) is 1.61. The van der Waals surface area contributed by atoms with Crippen LogP contribution in [-0.2, 0) is 0 Å². The molecule has 0 fully saturated rings. The molecule has 0 spiro atoms. The quantitative estimate of drug-likeness (QED) is 0.152. The van der Waals surface area contributed by atoms with Gasteiger partial charge in [0.1, 0.15) is 11.2 Å². The summed E-state index contributed by atoms with van der Waals surface area (Å²) in [6.07, 6.45) is 0. The zero-order valence-corrected chi connectivity index (χ0v) is 47.0. The maximum Gasteiger partial charge on any atom is 0.159 e. The molecule has 19 rings (SSSR count). The van der Waals surface area contributed by atoms with Crippen molar-refractivity contribution >= 4 is 154 Å². The molecular weight excluding hydrogens is 1050 g/mol. The van der Waals surface area contributed by atoms with E-state index in [1.54, 1.807) is 0 Å². The van der Waals surface area contributed by atoms with Crippen molar-refractivity contribution in [1.29, 1.82) is 0 Å². The van der Waals surface area contributed by atoms with Crippen LogP contribution in [-0.4, -0.2) is 8.80 Å². The lowest BCUT2D eigenvalue weighted by Gasteiger charge is -2.27. The van der Waals surface area contributed by atoms with Gasteiger partial charge in [-0.25, -0.2) is 0 Å². The minimum absolute atomic E-state index is 0.869. The molecule has 6 heteroatoms. The third-order valence-electron chi connectivity index (χ3n) is 18.6. The number of furan rings is 2. The van der Waals surface area contributed by atoms with E-state index in [0.29, 0.717) is 0 Å². The predicted octanol–water partition coefficient (Wildman–Crippen LogP) is 22.7. The molecule has 0 saturated heterocycles. The fourth-order valence-corrected chi connectivity index (χ4v) is 14.8. The van der Waals surface area contributed by atoms with Crippen LogP contribution in [0.4, 0.5) is 34.1 Å². The molecule has 0 aliphatic rings.